The van der Waals surface area contributed by atoms with Gasteiger partial charge in [-0.05, 0) is 39.8 Å². The van der Waals surface area contributed by atoms with Gasteiger partial charge in [0.15, 0.2) is 0 Å². The molecule has 0 aromatic carbocycles. The molecule has 0 spiro atoms. The second-order valence-corrected chi connectivity index (χ2v) is 6.11. The van der Waals surface area contributed by atoms with Crippen LogP contribution in [0, 0.1) is 11.8 Å². The fourth-order valence-electron chi connectivity index (χ4n) is 2.78. The lowest BCUT2D eigenvalue weighted by Crippen LogP contribution is -2.57. The number of rotatable bonds is 2. The first-order valence-corrected chi connectivity index (χ1v) is 6.56. The van der Waals surface area contributed by atoms with Crippen molar-refractivity contribution >= 4 is 5.91 Å². The molecule has 2 atom stereocenters. The molecular formula is C13H24N2O2. The normalized spacial score (nSPS) is 30.8. The maximum atomic E-state index is 12.4. The Labute approximate surface area is 104 Å². The number of ether oxygens (including phenoxy) is 1. The van der Waals surface area contributed by atoms with Gasteiger partial charge in [-0.15, -0.1) is 0 Å². The number of nitrogens with zero attached hydrogens (tertiary/aromatic N) is 1. The molecule has 0 aromatic rings. The van der Waals surface area contributed by atoms with Crippen molar-refractivity contribution in [1.29, 1.82) is 0 Å². The zero-order valence-corrected chi connectivity index (χ0v) is 11.3. The molecule has 2 aliphatic heterocycles. The average molecular weight is 240 g/mol. The zero-order valence-electron chi connectivity index (χ0n) is 11.3. The van der Waals surface area contributed by atoms with Crippen LogP contribution >= 0.6 is 0 Å². The molecule has 2 heterocycles. The van der Waals surface area contributed by atoms with E-state index in [1.54, 1.807) is 0 Å². The van der Waals surface area contributed by atoms with Crippen molar-refractivity contribution < 1.29 is 9.53 Å². The molecule has 2 aliphatic rings. The van der Waals surface area contributed by atoms with Gasteiger partial charge in [0.2, 0.25) is 5.91 Å². The third-order valence-electron chi connectivity index (χ3n) is 3.79. The predicted octanol–water partition coefficient (Wildman–Crippen LogP) is 0.868. The van der Waals surface area contributed by atoms with Gasteiger partial charge in [-0.25, -0.2) is 0 Å². The molecule has 0 aliphatic carbocycles. The molecule has 4 heteroatoms. The summed E-state index contributed by atoms with van der Waals surface area (Å²) in [5.41, 5.74) is -0.217. The molecule has 0 saturated carbocycles. The van der Waals surface area contributed by atoms with E-state index >= 15 is 0 Å². The van der Waals surface area contributed by atoms with E-state index in [4.69, 9.17) is 4.74 Å². The molecule has 4 nitrogen and oxygen atoms in total. The molecule has 1 amide bonds. The van der Waals surface area contributed by atoms with Crippen molar-refractivity contribution in [3.05, 3.63) is 0 Å². The van der Waals surface area contributed by atoms with Gasteiger partial charge in [0, 0.05) is 19.0 Å². The van der Waals surface area contributed by atoms with Crippen molar-refractivity contribution in [3.63, 3.8) is 0 Å². The van der Waals surface area contributed by atoms with Crippen LogP contribution in [-0.4, -0.2) is 48.7 Å². The SMILES string of the molecule is CC1CN(C(=O)C(C)C2CNC2)CC(C)(C)O1. The molecule has 0 radical (unpaired) electrons. The third kappa shape index (κ3) is 2.80. The van der Waals surface area contributed by atoms with E-state index in [1.807, 2.05) is 11.8 Å². The van der Waals surface area contributed by atoms with Gasteiger partial charge in [0.25, 0.3) is 0 Å². The molecular weight excluding hydrogens is 216 g/mol. The van der Waals surface area contributed by atoms with Gasteiger partial charge < -0.3 is 15.0 Å². The second kappa shape index (κ2) is 4.58. The summed E-state index contributed by atoms with van der Waals surface area (Å²) in [4.78, 5) is 14.4. The van der Waals surface area contributed by atoms with E-state index in [1.165, 1.54) is 0 Å². The molecule has 2 saturated heterocycles. The van der Waals surface area contributed by atoms with Crippen LogP contribution in [0.5, 0.6) is 0 Å². The molecule has 1 N–H and O–H groups in total. The molecule has 2 fully saturated rings. The van der Waals surface area contributed by atoms with Crippen molar-refractivity contribution in [2.75, 3.05) is 26.2 Å². The topological polar surface area (TPSA) is 41.6 Å². The highest BCUT2D eigenvalue weighted by atomic mass is 16.5. The van der Waals surface area contributed by atoms with Crippen molar-refractivity contribution in [3.8, 4) is 0 Å². The monoisotopic (exact) mass is 240 g/mol. The van der Waals surface area contributed by atoms with Crippen LogP contribution in [-0.2, 0) is 9.53 Å². The van der Waals surface area contributed by atoms with Crippen LogP contribution in [0.3, 0.4) is 0 Å². The smallest absolute Gasteiger partial charge is 0.225 e. The Morgan fingerprint density at radius 3 is 2.59 bits per heavy atom. The highest BCUT2D eigenvalue weighted by Crippen LogP contribution is 2.25. The first-order chi connectivity index (χ1) is 7.89. The average Bonchev–Trinajstić information content (AvgIpc) is 2.10. The number of hydrogen-bond donors (Lipinski definition) is 1. The van der Waals surface area contributed by atoms with Crippen LogP contribution in [0.15, 0.2) is 0 Å². The van der Waals surface area contributed by atoms with E-state index < -0.39 is 0 Å². The fraction of sp³-hybridized carbons (Fsp3) is 0.923. The van der Waals surface area contributed by atoms with Crippen molar-refractivity contribution in [2.24, 2.45) is 11.8 Å². The van der Waals surface area contributed by atoms with Crippen LogP contribution in [0.25, 0.3) is 0 Å². The maximum absolute atomic E-state index is 12.4. The minimum Gasteiger partial charge on any atom is -0.369 e. The van der Waals surface area contributed by atoms with Gasteiger partial charge in [-0.3, -0.25) is 4.79 Å². The quantitative estimate of drug-likeness (QED) is 0.778. The summed E-state index contributed by atoms with van der Waals surface area (Å²) >= 11 is 0. The second-order valence-electron chi connectivity index (χ2n) is 6.11. The van der Waals surface area contributed by atoms with Crippen molar-refractivity contribution in [1.82, 2.24) is 10.2 Å². The largest absolute Gasteiger partial charge is 0.369 e. The van der Waals surface area contributed by atoms with Gasteiger partial charge in [-0.1, -0.05) is 6.92 Å². The van der Waals surface area contributed by atoms with E-state index in [2.05, 4.69) is 26.1 Å². The fourth-order valence-corrected chi connectivity index (χ4v) is 2.78. The van der Waals surface area contributed by atoms with Crippen LogP contribution in [0.4, 0.5) is 0 Å². The predicted molar refractivity (Wildman–Crippen MR) is 66.7 cm³/mol. The van der Waals surface area contributed by atoms with E-state index in [0.29, 0.717) is 18.4 Å². The van der Waals surface area contributed by atoms with Gasteiger partial charge in [-0.2, -0.15) is 0 Å². The summed E-state index contributed by atoms with van der Waals surface area (Å²) in [6.07, 6.45) is 0.134. The van der Waals surface area contributed by atoms with Gasteiger partial charge >= 0.3 is 0 Å². The van der Waals surface area contributed by atoms with Crippen LogP contribution in [0.1, 0.15) is 27.7 Å². The van der Waals surface area contributed by atoms with E-state index in [9.17, 15) is 4.79 Å². The Bertz CT molecular complexity index is 300. The summed E-state index contributed by atoms with van der Waals surface area (Å²) in [5.74, 6) is 0.945. The Hall–Kier alpha value is -0.610. The van der Waals surface area contributed by atoms with Crippen LogP contribution < -0.4 is 5.32 Å². The Morgan fingerprint density at radius 1 is 1.47 bits per heavy atom. The summed E-state index contributed by atoms with van der Waals surface area (Å²) in [6.45, 7) is 11.6. The first kappa shape index (κ1) is 12.8. The number of hydrogen-bond acceptors (Lipinski definition) is 3. The van der Waals surface area contributed by atoms with E-state index in [-0.39, 0.29) is 17.6 Å². The lowest BCUT2D eigenvalue weighted by molar-refractivity contribution is -0.163. The number of amides is 1. The summed E-state index contributed by atoms with van der Waals surface area (Å²) < 4.78 is 5.83. The highest BCUT2D eigenvalue weighted by molar-refractivity contribution is 5.79. The minimum atomic E-state index is -0.217. The Balaban J connectivity index is 1.98. The standard InChI is InChI=1S/C13H24N2O2/c1-9-7-15(8-13(3,4)17-9)12(16)10(2)11-5-14-6-11/h9-11,14H,5-8H2,1-4H3. The number of carbonyl (C=O) groups is 1. The summed E-state index contributed by atoms with van der Waals surface area (Å²) in [5, 5.41) is 3.23. The highest BCUT2D eigenvalue weighted by Gasteiger charge is 2.37. The molecule has 2 rings (SSSR count). The molecule has 2 unspecified atom stereocenters. The first-order valence-electron chi connectivity index (χ1n) is 6.56. The molecule has 0 bridgehead atoms. The Morgan fingerprint density at radius 2 is 2.12 bits per heavy atom. The third-order valence-corrected chi connectivity index (χ3v) is 3.79. The summed E-state index contributed by atoms with van der Waals surface area (Å²) in [7, 11) is 0. The van der Waals surface area contributed by atoms with Crippen molar-refractivity contribution in [2.45, 2.75) is 39.4 Å². The molecule has 17 heavy (non-hydrogen) atoms. The van der Waals surface area contributed by atoms with Gasteiger partial charge in [0.05, 0.1) is 11.7 Å². The molecule has 98 valence electrons. The zero-order chi connectivity index (χ0) is 12.6. The number of nitrogens with one attached hydrogen (secondary N) is 1. The minimum absolute atomic E-state index is 0.134. The number of morpholine rings is 1. The summed E-state index contributed by atoms with van der Waals surface area (Å²) in [6, 6.07) is 0. The lowest BCUT2D eigenvalue weighted by Gasteiger charge is -2.44. The lowest BCUT2D eigenvalue weighted by atomic mass is 9.87. The number of carbonyl (C=O) groups excluding carboxylic acids is 1. The maximum Gasteiger partial charge on any atom is 0.225 e. The molecule has 0 aromatic heterocycles. The van der Waals surface area contributed by atoms with Gasteiger partial charge in [0.1, 0.15) is 0 Å². The van der Waals surface area contributed by atoms with Crippen LogP contribution in [0.2, 0.25) is 0 Å². The Kier molecular flexibility index (Phi) is 3.46. The van der Waals surface area contributed by atoms with E-state index in [0.717, 1.165) is 19.6 Å².